The van der Waals surface area contributed by atoms with Gasteiger partial charge in [-0.15, -0.1) is 0 Å². The van der Waals surface area contributed by atoms with Gasteiger partial charge >= 0.3 is 12.0 Å². The fourth-order valence-electron chi connectivity index (χ4n) is 4.50. The molecule has 1 aliphatic heterocycles. The van der Waals surface area contributed by atoms with Crippen LogP contribution in [-0.2, 0) is 14.3 Å². The average molecular weight is 555 g/mol. The molecule has 3 amide bonds. The van der Waals surface area contributed by atoms with Crippen LogP contribution in [0.2, 0.25) is 0 Å². The Hall–Kier alpha value is -5.25. The molecule has 3 aromatic carbocycles. The molecule has 0 unspecified atom stereocenters. The number of ether oxygens (including phenoxy) is 1. The van der Waals surface area contributed by atoms with Crippen molar-refractivity contribution in [2.75, 3.05) is 18.5 Å². The van der Waals surface area contributed by atoms with E-state index in [2.05, 4.69) is 10.6 Å². The molecule has 1 heterocycles. The fraction of sp³-hybridized carbons (Fsp3) is 0.194. The fourth-order valence-corrected chi connectivity index (χ4v) is 4.50. The van der Waals surface area contributed by atoms with Crippen molar-refractivity contribution in [1.82, 2.24) is 10.2 Å². The molecule has 0 radical (unpaired) electrons. The largest absolute Gasteiger partial charge is 0.463 e. The topological polar surface area (TPSA) is 131 Å². The molecule has 0 saturated carbocycles. The van der Waals surface area contributed by atoms with Crippen molar-refractivity contribution in [1.29, 1.82) is 0 Å². The molecular weight excluding hydrogens is 524 g/mol. The van der Waals surface area contributed by atoms with Gasteiger partial charge in [0.2, 0.25) is 5.91 Å². The minimum absolute atomic E-state index is 0.0317. The van der Waals surface area contributed by atoms with Gasteiger partial charge in [-0.2, -0.15) is 0 Å². The highest BCUT2D eigenvalue weighted by molar-refractivity contribution is 6.05. The minimum atomic E-state index is -0.767. The van der Waals surface area contributed by atoms with Crippen LogP contribution in [0.15, 0.2) is 90.5 Å². The van der Waals surface area contributed by atoms with Crippen LogP contribution in [0.1, 0.15) is 43.0 Å². The van der Waals surface area contributed by atoms with Gasteiger partial charge in [0.25, 0.3) is 5.69 Å². The highest BCUT2D eigenvalue weighted by Gasteiger charge is 2.38. The Kier molecular flexibility index (Phi) is 9.26. The number of carbonyl (C=O) groups excluding carboxylic acids is 3. The lowest BCUT2D eigenvalue weighted by Gasteiger charge is -2.36. The van der Waals surface area contributed by atoms with E-state index in [1.807, 2.05) is 37.3 Å². The third kappa shape index (κ3) is 6.85. The molecule has 0 aliphatic carbocycles. The van der Waals surface area contributed by atoms with Gasteiger partial charge in [0.1, 0.15) is 0 Å². The number of nitrogens with one attached hydrogen (secondary N) is 2. The molecule has 0 saturated heterocycles. The molecule has 0 bridgehead atoms. The molecule has 10 heteroatoms. The molecule has 0 fully saturated rings. The van der Waals surface area contributed by atoms with E-state index in [4.69, 9.17) is 4.74 Å². The maximum Gasteiger partial charge on any atom is 0.338 e. The smallest absolute Gasteiger partial charge is 0.338 e. The first-order valence-electron chi connectivity index (χ1n) is 13.2. The number of rotatable bonds is 10. The van der Waals surface area contributed by atoms with E-state index >= 15 is 0 Å². The number of nitrogens with zero attached hydrogens (tertiary/aromatic N) is 2. The number of esters is 1. The first-order valence-corrected chi connectivity index (χ1v) is 13.2. The average Bonchev–Trinajstić information content (AvgIpc) is 2.98. The predicted octanol–water partition coefficient (Wildman–Crippen LogP) is 5.70. The monoisotopic (exact) mass is 554 g/mol. The van der Waals surface area contributed by atoms with Gasteiger partial charge in [-0.05, 0) is 60.4 Å². The normalized spacial score (nSPS) is 15.0. The van der Waals surface area contributed by atoms with Crippen LogP contribution in [-0.4, -0.2) is 40.9 Å². The van der Waals surface area contributed by atoms with Gasteiger partial charge < -0.3 is 15.4 Å². The van der Waals surface area contributed by atoms with Gasteiger partial charge in [-0.25, -0.2) is 9.59 Å². The number of non-ortho nitro benzene ring substituents is 1. The van der Waals surface area contributed by atoms with Crippen molar-refractivity contribution in [3.8, 4) is 0 Å². The summed E-state index contributed by atoms with van der Waals surface area (Å²) in [5.41, 5.74) is 3.32. The summed E-state index contributed by atoms with van der Waals surface area (Å²) in [7, 11) is 0. The number of amides is 3. The van der Waals surface area contributed by atoms with E-state index < -0.39 is 22.8 Å². The number of anilines is 1. The van der Waals surface area contributed by atoms with E-state index in [9.17, 15) is 24.5 Å². The van der Waals surface area contributed by atoms with Crippen molar-refractivity contribution >= 4 is 41.1 Å². The minimum Gasteiger partial charge on any atom is -0.463 e. The van der Waals surface area contributed by atoms with Crippen LogP contribution in [0.4, 0.5) is 16.2 Å². The first kappa shape index (κ1) is 28.8. The Morgan fingerprint density at radius 2 is 1.71 bits per heavy atom. The highest BCUT2D eigenvalue weighted by atomic mass is 16.6. The molecule has 2 N–H and O–H groups in total. The molecule has 3 aromatic rings. The maximum absolute atomic E-state index is 13.3. The summed E-state index contributed by atoms with van der Waals surface area (Å²) in [5.74, 6) is -0.915. The highest BCUT2D eigenvalue weighted by Crippen LogP contribution is 2.37. The molecule has 210 valence electrons. The summed E-state index contributed by atoms with van der Waals surface area (Å²) in [4.78, 5) is 50.9. The maximum atomic E-state index is 13.3. The molecule has 0 spiro atoms. The van der Waals surface area contributed by atoms with Crippen molar-refractivity contribution in [2.45, 2.75) is 26.3 Å². The van der Waals surface area contributed by atoms with Crippen LogP contribution in [0.3, 0.4) is 0 Å². The van der Waals surface area contributed by atoms with Gasteiger partial charge in [0, 0.05) is 30.4 Å². The van der Waals surface area contributed by atoms with Crippen LogP contribution in [0.25, 0.3) is 11.8 Å². The van der Waals surface area contributed by atoms with Crippen molar-refractivity contribution in [2.24, 2.45) is 0 Å². The standard InChI is InChI=1S/C31H30N4O6/c1-3-20-34-29(23-8-6-5-7-9-23)27(30(37)41-4-2)28(33-31(34)38)22-13-15-24(16-14-22)32-26(36)19-12-21-10-17-25(18-11-21)35(39)40/h5-19,28H,3-4,20H2,1-2H3,(H,32,36)(H,33,38)/b19-12+/t28-/m0/s1. The van der Waals surface area contributed by atoms with E-state index in [1.54, 1.807) is 54.3 Å². The van der Waals surface area contributed by atoms with Crippen molar-refractivity contribution < 1.29 is 24.0 Å². The lowest BCUT2D eigenvalue weighted by atomic mass is 9.91. The summed E-state index contributed by atoms with van der Waals surface area (Å²) in [6.07, 6.45) is 3.57. The zero-order chi connectivity index (χ0) is 29.4. The Balaban J connectivity index is 1.60. The van der Waals surface area contributed by atoms with Gasteiger partial charge in [0.05, 0.1) is 28.8 Å². The molecule has 41 heavy (non-hydrogen) atoms. The second-order valence-corrected chi connectivity index (χ2v) is 9.18. The number of hydrogen-bond acceptors (Lipinski definition) is 6. The summed E-state index contributed by atoms with van der Waals surface area (Å²) in [6, 6.07) is 20.9. The van der Waals surface area contributed by atoms with Crippen LogP contribution < -0.4 is 10.6 Å². The Labute approximate surface area is 237 Å². The van der Waals surface area contributed by atoms with Gasteiger partial charge in [0.15, 0.2) is 0 Å². The number of carbonyl (C=O) groups is 3. The van der Waals surface area contributed by atoms with E-state index in [1.165, 1.54) is 18.2 Å². The molecular formula is C31H30N4O6. The van der Waals surface area contributed by atoms with E-state index in [0.29, 0.717) is 41.1 Å². The number of benzene rings is 3. The zero-order valence-corrected chi connectivity index (χ0v) is 22.7. The third-order valence-electron chi connectivity index (χ3n) is 6.36. The molecule has 1 aliphatic rings. The Bertz CT molecular complexity index is 1480. The molecule has 4 rings (SSSR count). The second-order valence-electron chi connectivity index (χ2n) is 9.18. The van der Waals surface area contributed by atoms with Gasteiger partial charge in [-0.3, -0.25) is 19.8 Å². The quantitative estimate of drug-likeness (QED) is 0.143. The predicted molar refractivity (Wildman–Crippen MR) is 155 cm³/mol. The molecule has 10 nitrogen and oxygen atoms in total. The summed E-state index contributed by atoms with van der Waals surface area (Å²) < 4.78 is 5.43. The molecule has 1 atom stereocenters. The van der Waals surface area contributed by atoms with Gasteiger partial charge in [-0.1, -0.05) is 49.4 Å². The number of nitro benzene ring substituents is 1. The van der Waals surface area contributed by atoms with Crippen LogP contribution in [0.5, 0.6) is 0 Å². The van der Waals surface area contributed by atoms with E-state index in [0.717, 1.165) is 5.56 Å². The van der Waals surface area contributed by atoms with Crippen molar-refractivity contribution in [3.63, 3.8) is 0 Å². The SMILES string of the molecule is CCCN1C(=O)N[C@@H](c2ccc(NC(=O)/C=C/c3ccc([N+](=O)[O-])cc3)cc2)C(C(=O)OCC)=C1c1ccccc1. The summed E-state index contributed by atoms with van der Waals surface area (Å²) >= 11 is 0. The third-order valence-corrected chi connectivity index (χ3v) is 6.36. The van der Waals surface area contributed by atoms with Crippen molar-refractivity contribution in [3.05, 3.63) is 117 Å². The Morgan fingerprint density at radius 1 is 1.02 bits per heavy atom. The summed E-state index contributed by atoms with van der Waals surface area (Å²) in [6.45, 7) is 4.29. The number of urea groups is 1. The summed E-state index contributed by atoms with van der Waals surface area (Å²) in [5, 5.41) is 16.5. The number of nitro groups is 1. The number of hydrogen-bond donors (Lipinski definition) is 2. The van der Waals surface area contributed by atoms with Crippen LogP contribution in [0, 0.1) is 10.1 Å². The lowest BCUT2D eigenvalue weighted by Crippen LogP contribution is -2.48. The second kappa shape index (κ2) is 13.2. The van der Waals surface area contributed by atoms with E-state index in [-0.39, 0.29) is 18.3 Å². The Morgan fingerprint density at radius 3 is 2.32 bits per heavy atom. The molecule has 0 aromatic heterocycles. The lowest BCUT2D eigenvalue weighted by molar-refractivity contribution is -0.384. The zero-order valence-electron chi connectivity index (χ0n) is 22.7. The van der Waals surface area contributed by atoms with Crippen LogP contribution >= 0.6 is 0 Å². The first-order chi connectivity index (χ1) is 19.8.